The van der Waals surface area contributed by atoms with Crippen molar-refractivity contribution in [2.75, 3.05) is 12.9 Å². The predicted octanol–water partition coefficient (Wildman–Crippen LogP) is 2.19. The van der Waals surface area contributed by atoms with Gasteiger partial charge in [0.2, 0.25) is 0 Å². The largest absolute Gasteiger partial charge is 0.452 e. The highest BCUT2D eigenvalue weighted by Gasteiger charge is 2.28. The van der Waals surface area contributed by atoms with Crippen molar-refractivity contribution in [3.63, 3.8) is 0 Å². The molecule has 0 radical (unpaired) electrons. The van der Waals surface area contributed by atoms with E-state index in [9.17, 15) is 18.0 Å². The Hall–Kier alpha value is -1.89. The minimum absolute atomic E-state index is 0.115. The Balaban J connectivity index is 1.86. The molecule has 1 saturated carbocycles. The van der Waals surface area contributed by atoms with Crippen molar-refractivity contribution in [2.24, 2.45) is 11.8 Å². The van der Waals surface area contributed by atoms with Crippen LogP contribution >= 0.6 is 0 Å². The minimum atomic E-state index is -3.31. The molecule has 1 aliphatic rings. The van der Waals surface area contributed by atoms with Crippen LogP contribution in [0.3, 0.4) is 0 Å². The van der Waals surface area contributed by atoms with E-state index in [1.54, 1.807) is 0 Å². The minimum Gasteiger partial charge on any atom is -0.452 e. The van der Waals surface area contributed by atoms with Crippen molar-refractivity contribution < 1.29 is 22.7 Å². The van der Waals surface area contributed by atoms with Gasteiger partial charge in [0.1, 0.15) is 0 Å². The summed E-state index contributed by atoms with van der Waals surface area (Å²) in [6, 6.07) is 5.56. The van der Waals surface area contributed by atoms with E-state index in [-0.39, 0.29) is 29.0 Å². The van der Waals surface area contributed by atoms with Crippen LogP contribution in [0.5, 0.6) is 0 Å². The van der Waals surface area contributed by atoms with Gasteiger partial charge in [-0.2, -0.15) is 0 Å². The van der Waals surface area contributed by atoms with Crippen LogP contribution in [0.25, 0.3) is 0 Å². The molecule has 25 heavy (non-hydrogen) atoms. The van der Waals surface area contributed by atoms with Gasteiger partial charge in [0, 0.05) is 12.3 Å². The topological polar surface area (TPSA) is 89.5 Å². The molecule has 0 spiro atoms. The average Bonchev–Trinajstić information content (AvgIpc) is 2.56. The van der Waals surface area contributed by atoms with Gasteiger partial charge in [-0.05, 0) is 42.5 Å². The van der Waals surface area contributed by atoms with Crippen molar-refractivity contribution >= 4 is 21.7 Å². The number of hydrogen-bond donors (Lipinski definition) is 1. The lowest BCUT2D eigenvalue weighted by Gasteiger charge is -2.34. The first-order valence-corrected chi connectivity index (χ1v) is 10.3. The van der Waals surface area contributed by atoms with Crippen LogP contribution in [0.15, 0.2) is 29.2 Å². The molecule has 0 unspecified atom stereocenters. The molecule has 0 aliphatic heterocycles. The lowest BCUT2D eigenvalue weighted by molar-refractivity contribution is -0.125. The summed E-state index contributed by atoms with van der Waals surface area (Å²) in [5, 5.41) is 2.94. The molecule has 6 nitrogen and oxygen atoms in total. The van der Waals surface area contributed by atoms with E-state index in [4.69, 9.17) is 4.74 Å². The molecular formula is C18H25NO5S. The number of sulfone groups is 1. The summed E-state index contributed by atoms with van der Waals surface area (Å²) < 4.78 is 27.8. The summed E-state index contributed by atoms with van der Waals surface area (Å²) in [7, 11) is -3.31. The summed E-state index contributed by atoms with van der Waals surface area (Å²) >= 11 is 0. The smallest absolute Gasteiger partial charge is 0.338 e. The van der Waals surface area contributed by atoms with E-state index in [2.05, 4.69) is 19.2 Å². The molecule has 1 fully saturated rings. The van der Waals surface area contributed by atoms with Crippen molar-refractivity contribution in [1.82, 2.24) is 5.32 Å². The highest BCUT2D eigenvalue weighted by atomic mass is 32.2. The Morgan fingerprint density at radius 2 is 1.80 bits per heavy atom. The first-order valence-electron chi connectivity index (χ1n) is 8.45. The van der Waals surface area contributed by atoms with Gasteiger partial charge in [-0.15, -0.1) is 0 Å². The molecule has 2 rings (SSSR count). The standard InChI is InChI=1S/C18H25NO5S/c1-12-5-4-6-16(13(12)2)19-17(20)11-24-18(21)14-7-9-15(10-8-14)25(3,22)23/h7-10,12-13,16H,4-6,11H2,1-3H3,(H,19,20)/t12-,13+,16-/m0/s1. The zero-order valence-corrected chi connectivity index (χ0v) is 15.6. The molecule has 1 amide bonds. The molecule has 3 atom stereocenters. The van der Waals surface area contributed by atoms with Crippen LogP contribution in [0, 0.1) is 11.8 Å². The molecule has 1 N–H and O–H groups in total. The Labute approximate surface area is 148 Å². The fraction of sp³-hybridized carbons (Fsp3) is 0.556. The Bertz CT molecular complexity index is 726. The maximum atomic E-state index is 12.0. The molecule has 138 valence electrons. The van der Waals surface area contributed by atoms with Gasteiger partial charge in [-0.3, -0.25) is 4.79 Å². The van der Waals surface area contributed by atoms with E-state index >= 15 is 0 Å². The van der Waals surface area contributed by atoms with Gasteiger partial charge < -0.3 is 10.1 Å². The van der Waals surface area contributed by atoms with Crippen molar-refractivity contribution in [3.8, 4) is 0 Å². The third-order valence-electron chi connectivity index (χ3n) is 4.91. The number of amides is 1. The summed E-state index contributed by atoms with van der Waals surface area (Å²) in [4.78, 5) is 24.1. The van der Waals surface area contributed by atoms with Crippen molar-refractivity contribution in [1.29, 1.82) is 0 Å². The van der Waals surface area contributed by atoms with Crippen LogP contribution in [0.4, 0.5) is 0 Å². The highest BCUT2D eigenvalue weighted by molar-refractivity contribution is 7.90. The van der Waals surface area contributed by atoms with Crippen LogP contribution < -0.4 is 5.32 Å². The van der Waals surface area contributed by atoms with Crippen LogP contribution in [0.1, 0.15) is 43.5 Å². The lowest BCUT2D eigenvalue weighted by atomic mass is 9.78. The number of nitrogens with one attached hydrogen (secondary N) is 1. The van der Waals surface area contributed by atoms with E-state index < -0.39 is 15.8 Å². The number of carbonyl (C=O) groups is 2. The summed E-state index contributed by atoms with van der Waals surface area (Å²) in [6.45, 7) is 3.97. The van der Waals surface area contributed by atoms with E-state index in [1.807, 2.05) is 0 Å². The van der Waals surface area contributed by atoms with Gasteiger partial charge in [-0.1, -0.05) is 26.7 Å². The monoisotopic (exact) mass is 367 g/mol. The van der Waals surface area contributed by atoms with Gasteiger partial charge in [0.05, 0.1) is 10.5 Å². The molecule has 0 heterocycles. The van der Waals surface area contributed by atoms with Crippen LogP contribution in [-0.4, -0.2) is 39.2 Å². The maximum Gasteiger partial charge on any atom is 0.338 e. The van der Waals surface area contributed by atoms with Gasteiger partial charge in [0.25, 0.3) is 5.91 Å². The van der Waals surface area contributed by atoms with E-state index in [0.29, 0.717) is 11.8 Å². The fourth-order valence-corrected chi connectivity index (χ4v) is 3.72. The third-order valence-corrected chi connectivity index (χ3v) is 6.03. The quantitative estimate of drug-likeness (QED) is 0.806. The number of esters is 1. The SMILES string of the molecule is C[C@H]1[C@@H](NC(=O)COC(=O)c2ccc(S(C)(=O)=O)cc2)CCC[C@@H]1C. The molecule has 0 bridgehead atoms. The zero-order chi connectivity index (χ0) is 18.6. The second-order valence-corrected chi connectivity index (χ2v) is 8.83. The molecule has 1 aromatic carbocycles. The third kappa shape index (κ3) is 5.29. The zero-order valence-electron chi connectivity index (χ0n) is 14.8. The number of rotatable bonds is 5. The number of benzene rings is 1. The first-order chi connectivity index (χ1) is 11.7. The van der Waals surface area contributed by atoms with Gasteiger partial charge in [-0.25, -0.2) is 13.2 Å². The first kappa shape index (κ1) is 19.4. The molecule has 7 heteroatoms. The van der Waals surface area contributed by atoms with Gasteiger partial charge in [0.15, 0.2) is 16.4 Å². The van der Waals surface area contributed by atoms with Gasteiger partial charge >= 0.3 is 5.97 Å². The summed E-state index contributed by atoms with van der Waals surface area (Å²) in [5.74, 6) is -0.000726. The molecule has 0 saturated heterocycles. The summed E-state index contributed by atoms with van der Waals surface area (Å²) in [5.41, 5.74) is 0.208. The predicted molar refractivity (Wildman–Crippen MR) is 93.9 cm³/mol. The second-order valence-electron chi connectivity index (χ2n) is 6.81. The molecule has 0 aromatic heterocycles. The number of ether oxygens (including phenoxy) is 1. The highest BCUT2D eigenvalue weighted by Crippen LogP contribution is 2.29. The van der Waals surface area contributed by atoms with E-state index in [0.717, 1.165) is 19.1 Å². The molecular weight excluding hydrogens is 342 g/mol. The van der Waals surface area contributed by atoms with Crippen LogP contribution in [-0.2, 0) is 19.4 Å². The maximum absolute atomic E-state index is 12.0. The number of carbonyl (C=O) groups excluding carboxylic acids is 2. The molecule has 1 aromatic rings. The summed E-state index contributed by atoms with van der Waals surface area (Å²) in [6.07, 6.45) is 4.30. The lowest BCUT2D eigenvalue weighted by Crippen LogP contribution is -2.45. The Morgan fingerprint density at radius 1 is 1.16 bits per heavy atom. The van der Waals surface area contributed by atoms with Crippen LogP contribution in [0.2, 0.25) is 0 Å². The van der Waals surface area contributed by atoms with E-state index in [1.165, 1.54) is 30.7 Å². The average molecular weight is 367 g/mol. The molecule has 1 aliphatic carbocycles. The number of hydrogen-bond acceptors (Lipinski definition) is 5. The van der Waals surface area contributed by atoms with Crippen molar-refractivity contribution in [2.45, 2.75) is 44.0 Å². The Morgan fingerprint density at radius 3 is 2.40 bits per heavy atom. The van der Waals surface area contributed by atoms with Crippen molar-refractivity contribution in [3.05, 3.63) is 29.8 Å². The second kappa shape index (κ2) is 7.99. The Kier molecular flexibility index (Phi) is 6.21. The fourth-order valence-electron chi connectivity index (χ4n) is 3.09. The normalized spacial score (nSPS) is 23.7.